The molecule has 0 aromatic heterocycles. The quantitative estimate of drug-likeness (QED) is 0.709. The summed E-state index contributed by atoms with van der Waals surface area (Å²) in [6, 6.07) is 8.66. The van der Waals surface area contributed by atoms with E-state index < -0.39 is 17.7 Å². The van der Waals surface area contributed by atoms with Gasteiger partial charge in [-0.3, -0.25) is 0 Å². The highest BCUT2D eigenvalue weighted by Gasteiger charge is 2.23. The number of rotatable bonds is 4. The van der Waals surface area contributed by atoms with E-state index in [1.807, 2.05) is 13.0 Å². The van der Waals surface area contributed by atoms with Gasteiger partial charge < -0.3 is 5.32 Å². The lowest BCUT2D eigenvalue weighted by molar-refractivity contribution is 0.509. The Labute approximate surface area is 135 Å². The molecular weight excluding hydrogens is 395 g/mol. The number of hydrogen-bond acceptors (Lipinski definition) is 1. The van der Waals surface area contributed by atoms with E-state index in [1.165, 1.54) is 18.2 Å². The summed E-state index contributed by atoms with van der Waals surface area (Å²) < 4.78 is 29.0. The van der Waals surface area contributed by atoms with E-state index in [1.54, 1.807) is 12.1 Å². The van der Waals surface area contributed by atoms with Gasteiger partial charge in [0, 0.05) is 14.2 Å². The molecule has 2 aromatic carbocycles. The highest BCUT2D eigenvalue weighted by atomic mass is 127. The van der Waals surface area contributed by atoms with Crippen LogP contribution in [-0.2, 0) is 0 Å². The van der Waals surface area contributed by atoms with Gasteiger partial charge in [-0.2, -0.15) is 0 Å². The van der Waals surface area contributed by atoms with Gasteiger partial charge in [-0.25, -0.2) is 8.78 Å². The first-order chi connectivity index (χ1) is 9.54. The Hall–Kier alpha value is -0.720. The minimum atomic E-state index is -0.563. The molecule has 1 atom stereocenters. The molecule has 0 radical (unpaired) electrons. The molecule has 2 rings (SSSR count). The van der Waals surface area contributed by atoms with Gasteiger partial charge in [0.15, 0.2) is 0 Å². The third kappa shape index (κ3) is 3.30. The fourth-order valence-electron chi connectivity index (χ4n) is 2.09. The molecule has 0 heterocycles. The number of halogens is 4. The van der Waals surface area contributed by atoms with Crippen LogP contribution in [0.1, 0.15) is 24.1 Å². The monoisotopic (exact) mass is 407 g/mol. The Kier molecular flexibility index (Phi) is 5.35. The third-order valence-electron chi connectivity index (χ3n) is 2.97. The van der Waals surface area contributed by atoms with Crippen molar-refractivity contribution in [3.63, 3.8) is 0 Å². The molecule has 20 heavy (non-hydrogen) atoms. The van der Waals surface area contributed by atoms with Crippen LogP contribution in [0, 0.1) is 15.2 Å². The second kappa shape index (κ2) is 6.83. The van der Waals surface area contributed by atoms with Crippen molar-refractivity contribution in [3.05, 3.63) is 67.8 Å². The summed E-state index contributed by atoms with van der Waals surface area (Å²) in [5.74, 6) is -1.13. The van der Waals surface area contributed by atoms with Crippen molar-refractivity contribution in [1.29, 1.82) is 0 Å². The summed E-state index contributed by atoms with van der Waals surface area (Å²) in [6.07, 6.45) is 0. The van der Waals surface area contributed by atoms with Gasteiger partial charge in [-0.05, 0) is 65.0 Å². The second-order valence-electron chi connectivity index (χ2n) is 4.29. The Bertz CT molecular complexity index is 599. The Morgan fingerprint density at radius 2 is 1.85 bits per heavy atom. The van der Waals surface area contributed by atoms with Gasteiger partial charge in [0.1, 0.15) is 11.6 Å². The highest BCUT2D eigenvalue weighted by molar-refractivity contribution is 14.1. The predicted molar refractivity (Wildman–Crippen MR) is 86.0 cm³/mol. The molecule has 0 bridgehead atoms. The summed E-state index contributed by atoms with van der Waals surface area (Å²) in [7, 11) is 0. The molecule has 0 saturated carbocycles. The summed E-state index contributed by atoms with van der Waals surface area (Å²) in [5, 5.41) is 3.66. The predicted octanol–water partition coefficient (Wildman–Crippen LogP) is 4.92. The summed E-state index contributed by atoms with van der Waals surface area (Å²) in [6.45, 7) is 2.48. The van der Waals surface area contributed by atoms with Gasteiger partial charge in [0.05, 0.1) is 6.04 Å². The van der Waals surface area contributed by atoms with Crippen LogP contribution in [0.2, 0.25) is 5.02 Å². The molecule has 0 amide bonds. The van der Waals surface area contributed by atoms with Crippen LogP contribution in [0.5, 0.6) is 0 Å². The summed E-state index contributed by atoms with van der Waals surface area (Å²) >= 11 is 8.15. The zero-order valence-electron chi connectivity index (χ0n) is 10.8. The Morgan fingerprint density at radius 3 is 2.45 bits per heavy atom. The molecule has 0 spiro atoms. The van der Waals surface area contributed by atoms with Crippen LogP contribution in [0.25, 0.3) is 0 Å². The first-order valence-electron chi connectivity index (χ1n) is 6.16. The highest BCUT2D eigenvalue weighted by Crippen LogP contribution is 2.31. The van der Waals surface area contributed by atoms with Crippen LogP contribution in [0.4, 0.5) is 8.78 Å². The summed E-state index contributed by atoms with van der Waals surface area (Å²) in [5.41, 5.74) is 0.790. The minimum Gasteiger partial charge on any atom is -0.306 e. The molecule has 2 aromatic rings. The topological polar surface area (TPSA) is 12.0 Å². The van der Waals surface area contributed by atoms with Gasteiger partial charge in [0.25, 0.3) is 0 Å². The molecule has 0 saturated heterocycles. The lowest BCUT2D eigenvalue weighted by atomic mass is 9.97. The van der Waals surface area contributed by atoms with Gasteiger partial charge >= 0.3 is 0 Å². The van der Waals surface area contributed by atoms with Crippen molar-refractivity contribution in [3.8, 4) is 0 Å². The lowest BCUT2D eigenvalue weighted by Crippen LogP contribution is -2.25. The van der Waals surface area contributed by atoms with Crippen LogP contribution in [-0.4, -0.2) is 6.54 Å². The van der Waals surface area contributed by atoms with Crippen LogP contribution in [0.3, 0.4) is 0 Å². The normalized spacial score (nSPS) is 12.4. The maximum atomic E-state index is 14.0. The van der Waals surface area contributed by atoms with Crippen LogP contribution >= 0.6 is 34.2 Å². The van der Waals surface area contributed by atoms with Gasteiger partial charge in [-0.1, -0.05) is 24.6 Å². The smallest absolute Gasteiger partial charge is 0.131 e. The number of benzene rings is 2. The molecule has 0 fully saturated rings. The largest absolute Gasteiger partial charge is 0.306 e. The van der Waals surface area contributed by atoms with E-state index in [9.17, 15) is 8.78 Å². The zero-order chi connectivity index (χ0) is 14.7. The van der Waals surface area contributed by atoms with Crippen LogP contribution < -0.4 is 5.32 Å². The van der Waals surface area contributed by atoms with Gasteiger partial charge in [-0.15, -0.1) is 0 Å². The minimum absolute atomic E-state index is 0.0227. The molecule has 106 valence electrons. The van der Waals surface area contributed by atoms with Crippen molar-refractivity contribution in [2.45, 2.75) is 13.0 Å². The standard InChI is InChI=1S/C15H13ClF2IN/c1-2-20-15(10-8-9(16)6-7-13(10)19)14-11(17)4-3-5-12(14)18/h3-8,15,20H,2H2,1H3. The van der Waals surface area contributed by atoms with E-state index in [0.29, 0.717) is 11.6 Å². The van der Waals surface area contributed by atoms with Crippen molar-refractivity contribution >= 4 is 34.2 Å². The molecule has 1 unspecified atom stereocenters. The molecular formula is C15H13ClF2IN. The SMILES string of the molecule is CCNC(c1cc(Cl)ccc1I)c1c(F)cccc1F. The van der Waals surface area contributed by atoms with E-state index in [0.717, 1.165) is 9.13 Å². The number of hydrogen-bond donors (Lipinski definition) is 1. The van der Waals surface area contributed by atoms with Crippen molar-refractivity contribution in [2.75, 3.05) is 6.54 Å². The van der Waals surface area contributed by atoms with E-state index >= 15 is 0 Å². The second-order valence-corrected chi connectivity index (χ2v) is 5.89. The molecule has 5 heteroatoms. The van der Waals surface area contributed by atoms with Crippen molar-refractivity contribution in [1.82, 2.24) is 5.32 Å². The van der Waals surface area contributed by atoms with Crippen LogP contribution in [0.15, 0.2) is 36.4 Å². The van der Waals surface area contributed by atoms with E-state index in [4.69, 9.17) is 11.6 Å². The third-order valence-corrected chi connectivity index (χ3v) is 4.18. The average molecular weight is 408 g/mol. The fourth-order valence-corrected chi connectivity index (χ4v) is 2.92. The Balaban J connectivity index is 2.59. The fraction of sp³-hybridized carbons (Fsp3) is 0.200. The molecule has 0 aliphatic heterocycles. The van der Waals surface area contributed by atoms with Gasteiger partial charge in [0.2, 0.25) is 0 Å². The van der Waals surface area contributed by atoms with E-state index in [-0.39, 0.29) is 5.56 Å². The van der Waals surface area contributed by atoms with Crippen molar-refractivity contribution < 1.29 is 8.78 Å². The lowest BCUT2D eigenvalue weighted by Gasteiger charge is -2.21. The molecule has 1 nitrogen and oxygen atoms in total. The summed E-state index contributed by atoms with van der Waals surface area (Å²) in [4.78, 5) is 0. The molecule has 0 aliphatic carbocycles. The first-order valence-corrected chi connectivity index (χ1v) is 7.62. The molecule has 0 aliphatic rings. The zero-order valence-corrected chi connectivity index (χ0v) is 13.7. The maximum Gasteiger partial charge on any atom is 0.131 e. The number of nitrogens with one attached hydrogen (secondary N) is 1. The molecule has 1 N–H and O–H groups in total. The first kappa shape index (κ1) is 15.7. The maximum absolute atomic E-state index is 14.0. The van der Waals surface area contributed by atoms with E-state index in [2.05, 4.69) is 27.9 Å². The Morgan fingerprint density at radius 1 is 1.20 bits per heavy atom. The average Bonchev–Trinajstić information content (AvgIpc) is 2.40. The van der Waals surface area contributed by atoms with Crippen molar-refractivity contribution in [2.24, 2.45) is 0 Å².